The van der Waals surface area contributed by atoms with Gasteiger partial charge in [0.15, 0.2) is 11.2 Å². The number of hydrogen-bond acceptors (Lipinski definition) is 5. The molecule has 0 radical (unpaired) electrons. The van der Waals surface area contributed by atoms with Gasteiger partial charge in [-0.15, -0.1) is 0 Å². The van der Waals surface area contributed by atoms with Crippen molar-refractivity contribution in [2.24, 2.45) is 0 Å². The normalized spacial score (nSPS) is 11.5. The van der Waals surface area contributed by atoms with Crippen molar-refractivity contribution >= 4 is 51.7 Å². The average molecular weight is 516 g/mol. The molecule has 6 heteroatoms. The lowest BCUT2D eigenvalue weighted by atomic mass is 9.91. The molecule has 0 unspecified atom stereocenters. The Morgan fingerprint density at radius 2 is 0.895 bits per heavy atom. The Morgan fingerprint density at radius 1 is 0.500 bits per heavy atom. The third-order valence-electron chi connectivity index (χ3n) is 6.95. The predicted octanol–water partition coefficient (Wildman–Crippen LogP) is 9.10. The van der Waals surface area contributed by atoms with Gasteiger partial charge in [0.1, 0.15) is 11.5 Å². The molecule has 38 heavy (non-hydrogen) atoms. The van der Waals surface area contributed by atoms with Crippen LogP contribution in [0.5, 0.6) is 11.5 Å². The minimum absolute atomic E-state index is 0.171. The molecule has 0 spiro atoms. The second-order valence-electron chi connectivity index (χ2n) is 9.21. The molecule has 3 N–H and O–H groups in total. The highest BCUT2D eigenvalue weighted by atomic mass is 31.1. The molecule has 6 aromatic carbocycles. The third kappa shape index (κ3) is 3.60. The zero-order valence-corrected chi connectivity index (χ0v) is 20.9. The van der Waals surface area contributed by atoms with E-state index in [-0.39, 0.29) is 11.5 Å². The van der Waals surface area contributed by atoms with Crippen molar-refractivity contribution in [1.82, 2.24) is 0 Å². The van der Waals surface area contributed by atoms with Crippen LogP contribution >= 0.6 is 8.24 Å². The Morgan fingerprint density at radius 3 is 1.32 bits per heavy atom. The Kier molecular flexibility index (Phi) is 5.15. The first-order chi connectivity index (χ1) is 18.6. The average Bonchev–Trinajstić information content (AvgIpc) is 3.09. The lowest BCUT2D eigenvalue weighted by Crippen LogP contribution is -1.87. The van der Waals surface area contributed by atoms with E-state index in [4.69, 9.17) is 8.39 Å². The van der Waals surface area contributed by atoms with E-state index in [1.54, 1.807) is 24.3 Å². The van der Waals surface area contributed by atoms with E-state index in [9.17, 15) is 15.1 Å². The maximum Gasteiger partial charge on any atom is 0.384 e. The molecule has 5 nitrogen and oxygen atoms in total. The molecule has 0 fully saturated rings. The molecule has 0 bridgehead atoms. The van der Waals surface area contributed by atoms with Gasteiger partial charge in [-0.25, -0.2) is 0 Å². The highest BCUT2D eigenvalue weighted by molar-refractivity contribution is 7.30. The van der Waals surface area contributed by atoms with E-state index in [2.05, 4.69) is 24.3 Å². The topological polar surface area (TPSA) is 87.0 Å². The number of phenols is 2. The summed E-state index contributed by atoms with van der Waals surface area (Å²) in [6, 6.07) is 34.1. The van der Waals surface area contributed by atoms with Crippen LogP contribution in [0.1, 0.15) is 0 Å². The van der Waals surface area contributed by atoms with Crippen LogP contribution in [0, 0.1) is 0 Å². The molecule has 184 valence electrons. The van der Waals surface area contributed by atoms with Gasteiger partial charge < -0.3 is 18.6 Å². The maximum atomic E-state index is 11.1. The van der Waals surface area contributed by atoms with E-state index in [1.165, 1.54) is 0 Å². The molecular formula is C32H21O5P. The molecule has 0 aliphatic heterocycles. The Hall–Kier alpha value is -4.70. The summed E-state index contributed by atoms with van der Waals surface area (Å²) in [5, 5.41) is 25.4. The first-order valence-electron chi connectivity index (χ1n) is 12.1. The summed E-state index contributed by atoms with van der Waals surface area (Å²) in [6.07, 6.45) is 0. The summed E-state index contributed by atoms with van der Waals surface area (Å²) in [4.78, 5) is 11.1. The first kappa shape index (κ1) is 22.5. The molecule has 0 aliphatic carbocycles. The largest absolute Gasteiger partial charge is 0.508 e. The van der Waals surface area contributed by atoms with Crippen molar-refractivity contribution in [3.63, 3.8) is 0 Å². The van der Waals surface area contributed by atoms with Crippen LogP contribution < -0.4 is 0 Å². The zero-order chi connectivity index (χ0) is 25.8. The van der Waals surface area contributed by atoms with Crippen molar-refractivity contribution in [3.8, 4) is 33.8 Å². The number of aromatic hydroxyl groups is 2. The van der Waals surface area contributed by atoms with E-state index in [1.807, 2.05) is 60.7 Å². The van der Waals surface area contributed by atoms with Gasteiger partial charge in [-0.05, 0) is 69.1 Å². The van der Waals surface area contributed by atoms with Gasteiger partial charge in [-0.2, -0.15) is 0 Å². The van der Waals surface area contributed by atoms with Gasteiger partial charge in [0.05, 0.1) is 0 Å². The maximum absolute atomic E-state index is 11.1. The van der Waals surface area contributed by atoms with Crippen LogP contribution in [0.3, 0.4) is 0 Å². The van der Waals surface area contributed by atoms with Gasteiger partial charge in [0.2, 0.25) is 0 Å². The summed E-state index contributed by atoms with van der Waals surface area (Å²) in [5.74, 6) is 0.341. The molecule has 0 amide bonds. The standard InChI is InChI=1S/C32H21O5P/c33-23-13-9-19(10-14-23)27-17-21-5-1-3-7-25(21)29-30-26-8-4-2-6-22(26)18-28(20-11-15-24(34)16-12-20)32(30)37-38(35)36-31(27)29/h1-18,33-35H. The first-order valence-corrected chi connectivity index (χ1v) is 13.3. The van der Waals surface area contributed by atoms with Gasteiger partial charge in [0, 0.05) is 21.9 Å². The van der Waals surface area contributed by atoms with Crippen molar-refractivity contribution < 1.29 is 23.5 Å². The summed E-state index contributed by atoms with van der Waals surface area (Å²) in [7, 11) is -2.33. The fourth-order valence-corrected chi connectivity index (χ4v) is 5.96. The van der Waals surface area contributed by atoms with Crippen molar-refractivity contribution in [2.45, 2.75) is 0 Å². The number of phenolic OH excluding ortho intramolecular Hbond substituents is 2. The van der Waals surface area contributed by atoms with Gasteiger partial charge in [-0.1, -0.05) is 72.8 Å². The van der Waals surface area contributed by atoms with Crippen LogP contribution in [0.15, 0.2) is 118 Å². The van der Waals surface area contributed by atoms with Crippen LogP contribution in [0.2, 0.25) is 0 Å². The molecule has 0 atom stereocenters. The molecule has 0 saturated heterocycles. The number of fused-ring (bicyclic) bond motifs is 7. The Balaban J connectivity index is 1.78. The van der Waals surface area contributed by atoms with Crippen LogP contribution in [0.4, 0.5) is 0 Å². The Labute approximate surface area is 218 Å². The molecule has 7 aromatic rings. The monoisotopic (exact) mass is 516 g/mol. The van der Waals surface area contributed by atoms with E-state index in [0.29, 0.717) is 11.2 Å². The molecule has 0 saturated carbocycles. The predicted molar refractivity (Wildman–Crippen MR) is 153 cm³/mol. The van der Waals surface area contributed by atoms with E-state index < -0.39 is 8.24 Å². The number of rotatable bonds is 2. The van der Waals surface area contributed by atoms with Crippen LogP contribution in [-0.2, 0) is 0 Å². The SMILES string of the molecule is Oc1ccc(-c2cc3ccccc3c3c2op(O)oc2c(-c4ccc(O)cc4)cc4ccccc4c23)cc1. The number of benzene rings is 6. The van der Waals surface area contributed by atoms with E-state index >= 15 is 0 Å². The van der Waals surface area contributed by atoms with Gasteiger partial charge in [0.25, 0.3) is 0 Å². The zero-order valence-electron chi connectivity index (χ0n) is 20.0. The van der Waals surface area contributed by atoms with Gasteiger partial charge in [-0.3, -0.25) is 4.89 Å². The van der Waals surface area contributed by atoms with Crippen LogP contribution in [-0.4, -0.2) is 15.1 Å². The third-order valence-corrected chi connectivity index (χ3v) is 7.63. The summed E-state index contributed by atoms with van der Waals surface area (Å²) in [5.41, 5.74) is 4.31. The molecular weight excluding hydrogens is 495 g/mol. The van der Waals surface area contributed by atoms with Crippen molar-refractivity contribution in [2.75, 3.05) is 0 Å². The minimum Gasteiger partial charge on any atom is -0.508 e. The second kappa shape index (κ2) is 8.70. The fourth-order valence-electron chi connectivity index (χ4n) is 5.23. The highest BCUT2D eigenvalue weighted by Gasteiger charge is 2.19. The van der Waals surface area contributed by atoms with Gasteiger partial charge >= 0.3 is 8.24 Å². The fraction of sp³-hybridized carbons (Fsp3) is 0. The van der Waals surface area contributed by atoms with Crippen LogP contribution in [0.25, 0.3) is 65.7 Å². The molecule has 0 aliphatic rings. The molecule has 7 rings (SSSR count). The summed E-state index contributed by atoms with van der Waals surface area (Å²) >= 11 is 0. The molecule has 1 heterocycles. The number of hydrogen-bond donors (Lipinski definition) is 3. The summed E-state index contributed by atoms with van der Waals surface area (Å²) < 4.78 is 12.4. The molecule has 1 aromatic heterocycles. The van der Waals surface area contributed by atoms with Crippen molar-refractivity contribution in [3.05, 3.63) is 109 Å². The smallest absolute Gasteiger partial charge is 0.384 e. The minimum atomic E-state index is -2.33. The quantitative estimate of drug-likeness (QED) is 0.213. The van der Waals surface area contributed by atoms with E-state index in [0.717, 1.165) is 54.6 Å². The lowest BCUT2D eigenvalue weighted by Gasteiger charge is -2.12. The Bertz CT molecular complexity index is 1890. The highest BCUT2D eigenvalue weighted by Crippen LogP contribution is 2.46. The van der Waals surface area contributed by atoms with Crippen molar-refractivity contribution in [1.29, 1.82) is 0 Å². The summed E-state index contributed by atoms with van der Waals surface area (Å²) in [6.45, 7) is 0. The lowest BCUT2D eigenvalue weighted by molar-refractivity contribution is 0.475. The second-order valence-corrected chi connectivity index (χ2v) is 10.1.